The molecule has 2 nitrogen and oxygen atoms in total. The van der Waals surface area contributed by atoms with Gasteiger partial charge >= 0.3 is 6.18 Å². The average Bonchev–Trinajstić information content (AvgIpc) is 2.37. The summed E-state index contributed by atoms with van der Waals surface area (Å²) >= 11 is 5.97. The van der Waals surface area contributed by atoms with Gasteiger partial charge in [0.15, 0.2) is 0 Å². The quantitative estimate of drug-likeness (QED) is 0.782. The summed E-state index contributed by atoms with van der Waals surface area (Å²) in [6.07, 6.45) is -3.36. The number of nitrogens with zero attached hydrogens (tertiary/aromatic N) is 2. The molecule has 1 heterocycles. The highest BCUT2D eigenvalue weighted by molar-refractivity contribution is 6.33. The van der Waals surface area contributed by atoms with Gasteiger partial charge in [-0.1, -0.05) is 23.7 Å². The van der Waals surface area contributed by atoms with E-state index in [4.69, 9.17) is 16.9 Å². The van der Waals surface area contributed by atoms with Crippen LogP contribution in [0.1, 0.15) is 11.3 Å². The fourth-order valence-corrected chi connectivity index (χ4v) is 1.83. The van der Waals surface area contributed by atoms with E-state index in [9.17, 15) is 13.2 Å². The van der Waals surface area contributed by atoms with Gasteiger partial charge in [0.25, 0.3) is 0 Å². The molecule has 1 aromatic carbocycles. The first-order valence-electron chi connectivity index (χ1n) is 5.15. The molecule has 0 spiro atoms. The normalized spacial score (nSPS) is 11.1. The summed E-state index contributed by atoms with van der Waals surface area (Å²) in [6, 6.07) is 8.68. The third-order valence-corrected chi connectivity index (χ3v) is 2.78. The van der Waals surface area contributed by atoms with Crippen LogP contribution in [0.15, 0.2) is 36.5 Å². The molecule has 2 rings (SSSR count). The monoisotopic (exact) mass is 282 g/mol. The van der Waals surface area contributed by atoms with Crippen molar-refractivity contribution in [2.75, 3.05) is 0 Å². The number of nitriles is 1. The summed E-state index contributed by atoms with van der Waals surface area (Å²) in [5, 5.41) is 9.00. The zero-order chi connectivity index (χ0) is 14.0. The summed E-state index contributed by atoms with van der Waals surface area (Å²) in [6.45, 7) is 0. The molecule has 0 aliphatic rings. The molecule has 1 aromatic heterocycles. The van der Waals surface area contributed by atoms with E-state index in [1.54, 1.807) is 12.1 Å². The molecule has 96 valence electrons. The minimum Gasteiger partial charge on any atom is -0.251 e. The highest BCUT2D eigenvalue weighted by atomic mass is 35.5. The van der Waals surface area contributed by atoms with Crippen molar-refractivity contribution < 1.29 is 13.2 Å². The summed E-state index contributed by atoms with van der Waals surface area (Å²) in [4.78, 5) is 3.36. The molecule has 0 saturated carbocycles. The third kappa shape index (κ3) is 2.85. The van der Waals surface area contributed by atoms with E-state index >= 15 is 0 Å². The van der Waals surface area contributed by atoms with Crippen LogP contribution in [0.4, 0.5) is 13.2 Å². The van der Waals surface area contributed by atoms with Crippen molar-refractivity contribution in [2.24, 2.45) is 0 Å². The van der Waals surface area contributed by atoms with Crippen LogP contribution in [0, 0.1) is 11.3 Å². The van der Waals surface area contributed by atoms with Gasteiger partial charge in [0.05, 0.1) is 11.6 Å². The van der Waals surface area contributed by atoms with Gasteiger partial charge in [0.2, 0.25) is 0 Å². The first-order chi connectivity index (χ1) is 8.91. The topological polar surface area (TPSA) is 36.7 Å². The Morgan fingerprint density at radius 3 is 2.37 bits per heavy atom. The van der Waals surface area contributed by atoms with Crippen LogP contribution < -0.4 is 0 Å². The number of pyridine rings is 1. The average molecular weight is 283 g/mol. The van der Waals surface area contributed by atoms with Crippen LogP contribution in [0.2, 0.25) is 5.02 Å². The number of rotatable bonds is 1. The second-order valence-electron chi connectivity index (χ2n) is 3.74. The SMILES string of the molecule is N#Cc1ccc(-c2ccc(C(F)(F)F)nc2)c(Cl)c1. The minimum absolute atomic E-state index is 0.292. The zero-order valence-electron chi connectivity index (χ0n) is 9.37. The molecule has 0 aliphatic carbocycles. The van der Waals surface area contributed by atoms with Gasteiger partial charge in [-0.3, -0.25) is 4.98 Å². The second kappa shape index (κ2) is 4.90. The molecule has 19 heavy (non-hydrogen) atoms. The Morgan fingerprint density at radius 2 is 1.89 bits per heavy atom. The molecular formula is C13H6ClF3N2. The highest BCUT2D eigenvalue weighted by Crippen LogP contribution is 2.31. The summed E-state index contributed by atoms with van der Waals surface area (Å²) in [5.41, 5.74) is 0.416. The molecule has 0 N–H and O–H groups in total. The van der Waals surface area contributed by atoms with Crippen LogP contribution in [0.5, 0.6) is 0 Å². The first kappa shape index (κ1) is 13.4. The van der Waals surface area contributed by atoms with Crippen molar-refractivity contribution in [3.05, 3.63) is 52.8 Å². The maximum Gasteiger partial charge on any atom is 0.433 e. The van der Waals surface area contributed by atoms with Gasteiger partial charge in [0, 0.05) is 22.3 Å². The molecule has 0 atom stereocenters. The predicted octanol–water partition coefficient (Wildman–Crippen LogP) is 4.29. The summed E-state index contributed by atoms with van der Waals surface area (Å²) in [7, 11) is 0. The second-order valence-corrected chi connectivity index (χ2v) is 4.14. The molecule has 0 radical (unpaired) electrons. The van der Waals surface area contributed by atoms with Crippen molar-refractivity contribution in [3.63, 3.8) is 0 Å². The van der Waals surface area contributed by atoms with Crippen LogP contribution in [0.3, 0.4) is 0 Å². The molecule has 0 saturated heterocycles. The Morgan fingerprint density at radius 1 is 1.16 bits per heavy atom. The number of hydrogen-bond donors (Lipinski definition) is 0. The van der Waals surface area contributed by atoms with Crippen molar-refractivity contribution in [1.82, 2.24) is 4.98 Å². The maximum atomic E-state index is 12.4. The van der Waals surface area contributed by atoms with Crippen molar-refractivity contribution in [2.45, 2.75) is 6.18 Å². The van der Waals surface area contributed by atoms with Gasteiger partial charge in [-0.25, -0.2) is 0 Å². The number of aromatic nitrogens is 1. The van der Waals surface area contributed by atoms with E-state index in [1.165, 1.54) is 12.1 Å². The smallest absolute Gasteiger partial charge is 0.251 e. The standard InChI is InChI=1S/C13H6ClF3N2/c14-11-5-8(6-18)1-3-10(11)9-2-4-12(19-7-9)13(15,16)17/h1-5,7H. The lowest BCUT2D eigenvalue weighted by molar-refractivity contribution is -0.141. The van der Waals surface area contributed by atoms with Crippen molar-refractivity contribution >= 4 is 11.6 Å². The first-order valence-corrected chi connectivity index (χ1v) is 5.53. The molecule has 0 bridgehead atoms. The number of halogens is 4. The molecular weight excluding hydrogens is 277 g/mol. The lowest BCUT2D eigenvalue weighted by Gasteiger charge is -2.08. The largest absolute Gasteiger partial charge is 0.433 e. The number of alkyl halides is 3. The number of hydrogen-bond acceptors (Lipinski definition) is 2. The Bertz CT molecular complexity index is 642. The lowest BCUT2D eigenvalue weighted by Crippen LogP contribution is -2.07. The fraction of sp³-hybridized carbons (Fsp3) is 0.0769. The maximum absolute atomic E-state index is 12.4. The molecule has 6 heteroatoms. The van der Waals surface area contributed by atoms with E-state index in [2.05, 4.69) is 4.98 Å². The van der Waals surface area contributed by atoms with Crippen LogP contribution in [-0.4, -0.2) is 4.98 Å². The molecule has 0 aliphatic heterocycles. The van der Waals surface area contributed by atoms with E-state index in [1.807, 2.05) is 6.07 Å². The molecule has 2 aromatic rings. The lowest BCUT2D eigenvalue weighted by atomic mass is 10.1. The highest BCUT2D eigenvalue weighted by Gasteiger charge is 2.32. The van der Waals surface area contributed by atoms with E-state index in [0.29, 0.717) is 21.7 Å². The van der Waals surface area contributed by atoms with E-state index in [0.717, 1.165) is 12.3 Å². The van der Waals surface area contributed by atoms with Gasteiger partial charge in [0.1, 0.15) is 5.69 Å². The third-order valence-electron chi connectivity index (χ3n) is 2.46. The van der Waals surface area contributed by atoms with Crippen LogP contribution >= 0.6 is 11.6 Å². The zero-order valence-corrected chi connectivity index (χ0v) is 10.1. The Balaban J connectivity index is 2.41. The van der Waals surface area contributed by atoms with E-state index in [-0.39, 0.29) is 0 Å². The van der Waals surface area contributed by atoms with Crippen LogP contribution in [0.25, 0.3) is 11.1 Å². The van der Waals surface area contributed by atoms with Gasteiger partial charge in [-0.05, 0) is 18.2 Å². The molecule has 0 amide bonds. The van der Waals surface area contributed by atoms with Gasteiger partial charge in [-0.2, -0.15) is 18.4 Å². The minimum atomic E-state index is -4.47. The van der Waals surface area contributed by atoms with Crippen molar-refractivity contribution in [3.8, 4) is 17.2 Å². The van der Waals surface area contributed by atoms with Gasteiger partial charge in [-0.15, -0.1) is 0 Å². The molecule has 0 fully saturated rings. The number of benzene rings is 1. The predicted molar refractivity (Wildman–Crippen MR) is 64.4 cm³/mol. The van der Waals surface area contributed by atoms with Gasteiger partial charge < -0.3 is 0 Å². The van der Waals surface area contributed by atoms with E-state index < -0.39 is 11.9 Å². The van der Waals surface area contributed by atoms with Crippen molar-refractivity contribution in [1.29, 1.82) is 5.26 Å². The Kier molecular flexibility index (Phi) is 3.45. The molecule has 0 unspecified atom stereocenters. The Labute approximate surface area is 112 Å². The summed E-state index contributed by atoms with van der Waals surface area (Å²) < 4.78 is 37.1. The fourth-order valence-electron chi connectivity index (χ4n) is 1.54. The summed E-state index contributed by atoms with van der Waals surface area (Å²) in [5.74, 6) is 0. The Hall–Kier alpha value is -2.06. The van der Waals surface area contributed by atoms with Crippen LogP contribution in [-0.2, 0) is 6.18 Å².